The van der Waals surface area contributed by atoms with Gasteiger partial charge in [0.1, 0.15) is 0 Å². The average molecular weight is 240 g/mol. The van der Waals surface area contributed by atoms with Crippen molar-refractivity contribution >= 4 is 11.9 Å². The molecule has 92 valence electrons. The van der Waals surface area contributed by atoms with E-state index in [-0.39, 0.29) is 12.2 Å². The minimum Gasteiger partial charge on any atom is -0.463 e. The smallest absolute Gasteiger partial charge is 0.422 e. The monoisotopic (exact) mass is 240 g/mol. The Balaban J connectivity index is 3.97. The highest BCUT2D eigenvalue weighted by atomic mass is 19.4. The molecular weight excluding hydrogens is 229 g/mol. The van der Waals surface area contributed by atoms with E-state index in [1.54, 1.807) is 6.92 Å². The quantitative estimate of drug-likeness (QED) is 0.541. The van der Waals surface area contributed by atoms with Crippen molar-refractivity contribution in [2.45, 2.75) is 19.5 Å². The topological polar surface area (TPSA) is 52.6 Å². The lowest BCUT2D eigenvalue weighted by Crippen LogP contribution is -2.21. The van der Waals surface area contributed by atoms with E-state index < -0.39 is 31.1 Å². The Labute approximate surface area is 90.0 Å². The first-order valence-corrected chi connectivity index (χ1v) is 4.33. The van der Waals surface area contributed by atoms with Gasteiger partial charge in [-0.1, -0.05) is 6.58 Å². The maximum Gasteiger partial charge on any atom is 0.422 e. The van der Waals surface area contributed by atoms with Crippen molar-refractivity contribution in [3.63, 3.8) is 0 Å². The van der Waals surface area contributed by atoms with E-state index in [2.05, 4.69) is 16.1 Å². The third-order valence-electron chi connectivity index (χ3n) is 1.32. The molecule has 0 aliphatic heterocycles. The Kier molecular flexibility index (Phi) is 5.55. The summed E-state index contributed by atoms with van der Waals surface area (Å²) in [7, 11) is 0. The second kappa shape index (κ2) is 6.14. The summed E-state index contributed by atoms with van der Waals surface area (Å²) in [5.74, 6) is -2.00. The van der Waals surface area contributed by atoms with Gasteiger partial charge in [-0.2, -0.15) is 13.2 Å². The third-order valence-corrected chi connectivity index (χ3v) is 1.32. The fraction of sp³-hybridized carbons (Fsp3) is 0.556. The molecule has 0 saturated heterocycles. The van der Waals surface area contributed by atoms with Gasteiger partial charge in [-0.25, -0.2) is 4.79 Å². The van der Waals surface area contributed by atoms with Crippen LogP contribution in [-0.4, -0.2) is 31.3 Å². The van der Waals surface area contributed by atoms with Crippen molar-refractivity contribution in [2.24, 2.45) is 0 Å². The van der Waals surface area contributed by atoms with Gasteiger partial charge in [0.05, 0.1) is 13.0 Å². The molecule has 0 aliphatic carbocycles. The van der Waals surface area contributed by atoms with Crippen LogP contribution in [0.2, 0.25) is 0 Å². The van der Waals surface area contributed by atoms with Crippen LogP contribution in [0.5, 0.6) is 0 Å². The van der Waals surface area contributed by atoms with Gasteiger partial charge < -0.3 is 9.47 Å². The number of carbonyl (C=O) groups excluding carboxylic acids is 2. The van der Waals surface area contributed by atoms with Gasteiger partial charge in [-0.05, 0) is 6.92 Å². The molecule has 0 unspecified atom stereocenters. The lowest BCUT2D eigenvalue weighted by atomic mass is 10.2. The van der Waals surface area contributed by atoms with E-state index in [1.807, 2.05) is 0 Å². The standard InChI is InChI=1S/C9H11F3O4/c1-3-15-8(14)6(2)4-7(13)16-5-9(10,11)12/h2-5H2,1H3. The highest BCUT2D eigenvalue weighted by Crippen LogP contribution is 2.15. The molecule has 0 aromatic carbocycles. The van der Waals surface area contributed by atoms with E-state index in [0.29, 0.717) is 0 Å². The average Bonchev–Trinajstić information content (AvgIpc) is 2.14. The number of hydrogen-bond donors (Lipinski definition) is 0. The SMILES string of the molecule is C=C(CC(=O)OCC(F)(F)F)C(=O)OCC. The van der Waals surface area contributed by atoms with Crippen molar-refractivity contribution in [1.29, 1.82) is 0 Å². The Morgan fingerprint density at radius 2 is 1.81 bits per heavy atom. The maximum atomic E-state index is 11.6. The van der Waals surface area contributed by atoms with Gasteiger partial charge in [0, 0.05) is 5.57 Å². The summed E-state index contributed by atoms with van der Waals surface area (Å²) < 4.78 is 43.3. The lowest BCUT2D eigenvalue weighted by Gasteiger charge is -2.08. The first-order valence-electron chi connectivity index (χ1n) is 4.33. The van der Waals surface area contributed by atoms with Crippen LogP contribution >= 0.6 is 0 Å². The van der Waals surface area contributed by atoms with Crippen LogP contribution in [0.1, 0.15) is 13.3 Å². The molecule has 0 N–H and O–H groups in total. The van der Waals surface area contributed by atoms with Crippen LogP contribution in [0.15, 0.2) is 12.2 Å². The molecule has 0 amide bonds. The van der Waals surface area contributed by atoms with Gasteiger partial charge >= 0.3 is 18.1 Å². The second-order valence-electron chi connectivity index (χ2n) is 2.78. The molecule has 7 heteroatoms. The number of rotatable bonds is 5. The summed E-state index contributed by atoms with van der Waals surface area (Å²) in [5, 5.41) is 0. The van der Waals surface area contributed by atoms with E-state index in [9.17, 15) is 22.8 Å². The third kappa shape index (κ3) is 6.86. The van der Waals surface area contributed by atoms with Crippen LogP contribution in [-0.2, 0) is 19.1 Å². The fourth-order valence-electron chi connectivity index (χ4n) is 0.693. The fourth-order valence-corrected chi connectivity index (χ4v) is 0.693. The number of hydrogen-bond acceptors (Lipinski definition) is 4. The summed E-state index contributed by atoms with van der Waals surface area (Å²) in [5.41, 5.74) is -0.242. The highest BCUT2D eigenvalue weighted by Gasteiger charge is 2.29. The predicted octanol–water partition coefficient (Wildman–Crippen LogP) is 1.60. The molecule has 0 saturated carbocycles. The second-order valence-corrected chi connectivity index (χ2v) is 2.78. The van der Waals surface area contributed by atoms with Gasteiger partial charge in [0.25, 0.3) is 0 Å². The lowest BCUT2D eigenvalue weighted by molar-refractivity contribution is -0.185. The zero-order valence-corrected chi connectivity index (χ0v) is 8.60. The molecule has 4 nitrogen and oxygen atoms in total. The molecule has 0 radical (unpaired) electrons. The summed E-state index contributed by atoms with van der Waals surface area (Å²) >= 11 is 0. The van der Waals surface area contributed by atoms with Crippen LogP contribution in [0.3, 0.4) is 0 Å². The molecule has 0 bridgehead atoms. The highest BCUT2D eigenvalue weighted by molar-refractivity contribution is 5.93. The number of halogens is 3. The van der Waals surface area contributed by atoms with E-state index in [0.717, 1.165) is 0 Å². The Hall–Kier alpha value is -1.53. The van der Waals surface area contributed by atoms with E-state index in [4.69, 9.17) is 0 Å². The minimum absolute atomic E-state index is 0.0927. The summed E-state index contributed by atoms with van der Waals surface area (Å²) in [6.45, 7) is 3.16. The van der Waals surface area contributed by atoms with Crippen LogP contribution in [0.4, 0.5) is 13.2 Å². The molecule has 0 aromatic rings. The first-order chi connectivity index (χ1) is 7.26. The van der Waals surface area contributed by atoms with E-state index in [1.165, 1.54) is 0 Å². The van der Waals surface area contributed by atoms with Gasteiger partial charge in [-0.15, -0.1) is 0 Å². The number of ether oxygens (including phenoxy) is 2. The van der Waals surface area contributed by atoms with Gasteiger partial charge in [-0.3, -0.25) is 4.79 Å². The molecule has 0 spiro atoms. The maximum absolute atomic E-state index is 11.6. The van der Waals surface area contributed by atoms with Crippen molar-refractivity contribution in [1.82, 2.24) is 0 Å². The molecule has 0 heterocycles. The van der Waals surface area contributed by atoms with Gasteiger partial charge in [0.15, 0.2) is 6.61 Å². The number of esters is 2. The molecule has 0 aromatic heterocycles. The zero-order valence-electron chi connectivity index (χ0n) is 8.60. The summed E-state index contributed by atoms with van der Waals surface area (Å²) in [6, 6.07) is 0. The molecule has 16 heavy (non-hydrogen) atoms. The number of carbonyl (C=O) groups is 2. The van der Waals surface area contributed by atoms with Crippen molar-refractivity contribution in [3.05, 3.63) is 12.2 Å². The van der Waals surface area contributed by atoms with Crippen LogP contribution in [0, 0.1) is 0 Å². The van der Waals surface area contributed by atoms with Crippen LogP contribution in [0.25, 0.3) is 0 Å². The molecule has 0 fully saturated rings. The summed E-state index contributed by atoms with van der Waals surface area (Å²) in [4.78, 5) is 21.7. The Morgan fingerprint density at radius 3 is 2.25 bits per heavy atom. The van der Waals surface area contributed by atoms with E-state index >= 15 is 0 Å². The van der Waals surface area contributed by atoms with Crippen molar-refractivity contribution in [2.75, 3.05) is 13.2 Å². The number of alkyl halides is 3. The summed E-state index contributed by atoms with van der Waals surface area (Å²) in [6.07, 6.45) is -5.20. The molecule has 0 aliphatic rings. The van der Waals surface area contributed by atoms with Crippen molar-refractivity contribution in [3.8, 4) is 0 Å². The zero-order chi connectivity index (χ0) is 12.8. The van der Waals surface area contributed by atoms with Crippen LogP contribution < -0.4 is 0 Å². The molecule has 0 rings (SSSR count). The normalized spacial score (nSPS) is 10.8. The first kappa shape index (κ1) is 14.5. The molecule has 0 atom stereocenters. The minimum atomic E-state index is -4.58. The molecular formula is C9H11F3O4. The predicted molar refractivity (Wildman–Crippen MR) is 47.4 cm³/mol. The largest absolute Gasteiger partial charge is 0.463 e. The Bertz CT molecular complexity index is 283. The van der Waals surface area contributed by atoms with Gasteiger partial charge in [0.2, 0.25) is 0 Å². The Morgan fingerprint density at radius 1 is 1.25 bits per heavy atom. The van der Waals surface area contributed by atoms with Crippen molar-refractivity contribution < 1.29 is 32.2 Å².